The smallest absolute Gasteiger partial charge is 0.250 e. The number of carbonyl (C=O) groups is 1. The van der Waals surface area contributed by atoms with Crippen LogP contribution < -0.4 is 4.90 Å². The van der Waals surface area contributed by atoms with Gasteiger partial charge in [-0.05, 0) is 24.1 Å². The average molecular weight is 325 g/mol. The summed E-state index contributed by atoms with van der Waals surface area (Å²) in [5.41, 5.74) is 2.33. The number of unbranched alkanes of at least 4 members (excludes halogenated alkanes) is 1. The molecule has 0 spiro atoms. The van der Waals surface area contributed by atoms with Crippen LogP contribution in [-0.2, 0) is 4.79 Å². The minimum Gasteiger partial charge on any atom is -0.329 e. The number of nitrogens with one attached hydrogen (secondary N) is 1. The molecule has 0 saturated carbocycles. The van der Waals surface area contributed by atoms with Gasteiger partial charge in [0.1, 0.15) is 6.04 Å². The SMILES string of the molecule is CCCCN(C(=O)C=Cc1ccccc1)C1=CC2CCC(C1)[NH+]2C. The Bertz CT molecular complexity index is 620. The molecule has 2 bridgehead atoms. The topological polar surface area (TPSA) is 24.8 Å². The van der Waals surface area contributed by atoms with Crippen LogP contribution in [0.3, 0.4) is 0 Å². The highest BCUT2D eigenvalue weighted by Gasteiger charge is 2.39. The number of nitrogens with zero attached hydrogens (tertiary/aromatic N) is 1. The van der Waals surface area contributed by atoms with E-state index >= 15 is 0 Å². The van der Waals surface area contributed by atoms with Crippen molar-refractivity contribution in [1.29, 1.82) is 0 Å². The Hall–Kier alpha value is -1.87. The molecule has 3 heteroatoms. The van der Waals surface area contributed by atoms with Crippen molar-refractivity contribution in [3.63, 3.8) is 0 Å². The molecule has 3 nitrogen and oxygen atoms in total. The number of fused-ring (bicyclic) bond motifs is 2. The van der Waals surface area contributed by atoms with Gasteiger partial charge < -0.3 is 9.80 Å². The largest absolute Gasteiger partial charge is 0.329 e. The fourth-order valence-electron chi connectivity index (χ4n) is 3.90. The van der Waals surface area contributed by atoms with Gasteiger partial charge in [0.05, 0.1) is 13.1 Å². The zero-order valence-electron chi connectivity index (χ0n) is 14.9. The van der Waals surface area contributed by atoms with E-state index in [4.69, 9.17) is 0 Å². The maximum atomic E-state index is 12.8. The van der Waals surface area contributed by atoms with Crippen LogP contribution in [0.15, 0.2) is 48.2 Å². The summed E-state index contributed by atoms with van der Waals surface area (Å²) in [5, 5.41) is 0. The Kier molecular flexibility index (Phi) is 5.52. The fourth-order valence-corrected chi connectivity index (χ4v) is 3.90. The predicted molar refractivity (Wildman–Crippen MR) is 98.5 cm³/mol. The zero-order chi connectivity index (χ0) is 16.9. The zero-order valence-corrected chi connectivity index (χ0v) is 14.9. The van der Waals surface area contributed by atoms with Crippen LogP contribution in [0.1, 0.15) is 44.6 Å². The molecule has 24 heavy (non-hydrogen) atoms. The van der Waals surface area contributed by atoms with Crippen molar-refractivity contribution < 1.29 is 9.69 Å². The first kappa shape index (κ1) is 17.0. The van der Waals surface area contributed by atoms with E-state index in [1.807, 2.05) is 41.3 Å². The van der Waals surface area contributed by atoms with Crippen molar-refractivity contribution in [1.82, 2.24) is 4.90 Å². The molecule has 1 saturated heterocycles. The van der Waals surface area contributed by atoms with Crippen molar-refractivity contribution in [2.75, 3.05) is 13.6 Å². The van der Waals surface area contributed by atoms with E-state index in [2.05, 4.69) is 20.0 Å². The highest BCUT2D eigenvalue weighted by atomic mass is 16.2. The molecule has 3 rings (SSSR count). The highest BCUT2D eigenvalue weighted by molar-refractivity contribution is 5.93. The van der Waals surface area contributed by atoms with E-state index in [-0.39, 0.29) is 5.91 Å². The number of benzene rings is 1. The maximum Gasteiger partial charge on any atom is 0.250 e. The number of hydrogen-bond acceptors (Lipinski definition) is 1. The molecule has 1 N–H and O–H groups in total. The first-order chi connectivity index (χ1) is 11.7. The third-order valence-corrected chi connectivity index (χ3v) is 5.47. The second kappa shape index (κ2) is 7.80. The van der Waals surface area contributed by atoms with E-state index in [1.54, 1.807) is 11.0 Å². The molecular weight excluding hydrogens is 296 g/mol. The van der Waals surface area contributed by atoms with Crippen molar-refractivity contribution >= 4 is 12.0 Å². The monoisotopic (exact) mass is 325 g/mol. The van der Waals surface area contributed by atoms with Gasteiger partial charge in [-0.2, -0.15) is 0 Å². The van der Waals surface area contributed by atoms with E-state index in [1.165, 1.54) is 18.5 Å². The van der Waals surface area contributed by atoms with Crippen molar-refractivity contribution in [2.45, 2.75) is 51.1 Å². The summed E-state index contributed by atoms with van der Waals surface area (Å²) in [6.07, 6.45) is 11.8. The van der Waals surface area contributed by atoms with Gasteiger partial charge in [-0.25, -0.2) is 0 Å². The van der Waals surface area contributed by atoms with Crippen LogP contribution in [0.25, 0.3) is 6.08 Å². The number of carbonyl (C=O) groups excluding carboxylic acids is 1. The van der Waals surface area contributed by atoms with E-state index in [0.29, 0.717) is 12.1 Å². The molecule has 2 aliphatic heterocycles. The third kappa shape index (κ3) is 3.78. The fraction of sp³-hybridized carbons (Fsp3) is 0.476. The van der Waals surface area contributed by atoms with Gasteiger partial charge in [-0.3, -0.25) is 4.79 Å². The van der Waals surface area contributed by atoms with Gasteiger partial charge in [-0.1, -0.05) is 43.7 Å². The van der Waals surface area contributed by atoms with E-state index < -0.39 is 0 Å². The minimum atomic E-state index is 0.123. The lowest BCUT2D eigenvalue weighted by atomic mass is 10.1. The molecule has 0 radical (unpaired) electrons. The summed E-state index contributed by atoms with van der Waals surface area (Å²) >= 11 is 0. The lowest BCUT2D eigenvalue weighted by molar-refractivity contribution is -0.912. The number of hydrogen-bond donors (Lipinski definition) is 1. The van der Waals surface area contributed by atoms with Gasteiger partial charge in [0.25, 0.3) is 5.91 Å². The third-order valence-electron chi connectivity index (χ3n) is 5.47. The van der Waals surface area contributed by atoms with Gasteiger partial charge in [-0.15, -0.1) is 0 Å². The van der Waals surface area contributed by atoms with Crippen LogP contribution in [0.5, 0.6) is 0 Å². The molecule has 3 unspecified atom stereocenters. The molecule has 0 aliphatic carbocycles. The molecule has 128 valence electrons. The number of rotatable bonds is 6. The second-order valence-corrected chi connectivity index (χ2v) is 7.07. The maximum absolute atomic E-state index is 12.8. The summed E-state index contributed by atoms with van der Waals surface area (Å²) in [7, 11) is 2.29. The minimum absolute atomic E-state index is 0.123. The Balaban J connectivity index is 1.75. The normalized spacial score (nSPS) is 25.8. The number of quaternary nitrogens is 1. The molecule has 1 amide bonds. The Morgan fingerprint density at radius 3 is 2.79 bits per heavy atom. The van der Waals surface area contributed by atoms with Gasteiger partial charge in [0, 0.05) is 37.6 Å². The summed E-state index contributed by atoms with van der Waals surface area (Å²) in [5.74, 6) is 0.123. The van der Waals surface area contributed by atoms with Crippen LogP contribution in [-0.4, -0.2) is 36.5 Å². The van der Waals surface area contributed by atoms with Crippen LogP contribution >= 0.6 is 0 Å². The van der Waals surface area contributed by atoms with E-state index in [9.17, 15) is 4.79 Å². The van der Waals surface area contributed by atoms with Crippen molar-refractivity contribution in [2.24, 2.45) is 0 Å². The molecule has 0 aromatic heterocycles. The summed E-state index contributed by atoms with van der Waals surface area (Å²) in [6, 6.07) is 11.3. The Morgan fingerprint density at radius 1 is 1.29 bits per heavy atom. The van der Waals surface area contributed by atoms with Crippen molar-refractivity contribution in [3.8, 4) is 0 Å². The van der Waals surface area contributed by atoms with Gasteiger partial charge in [0.15, 0.2) is 0 Å². The molecule has 1 fully saturated rings. The molecule has 2 aliphatic rings. The Labute approximate surface area is 145 Å². The van der Waals surface area contributed by atoms with Gasteiger partial charge in [0.2, 0.25) is 0 Å². The Morgan fingerprint density at radius 2 is 2.08 bits per heavy atom. The molecule has 3 atom stereocenters. The van der Waals surface area contributed by atoms with Crippen molar-refractivity contribution in [3.05, 3.63) is 53.7 Å². The van der Waals surface area contributed by atoms with Crippen LogP contribution in [0.2, 0.25) is 0 Å². The number of amides is 1. The average Bonchev–Trinajstić information content (AvgIpc) is 2.82. The predicted octanol–water partition coefficient (Wildman–Crippen LogP) is 2.66. The quantitative estimate of drug-likeness (QED) is 0.799. The number of likely N-dealkylation sites (N-methyl/N-ethyl adjacent to an activating group) is 1. The molecular formula is C21H29N2O+. The molecule has 1 aromatic rings. The summed E-state index contributed by atoms with van der Waals surface area (Å²) in [4.78, 5) is 16.5. The first-order valence-corrected chi connectivity index (χ1v) is 9.27. The van der Waals surface area contributed by atoms with Gasteiger partial charge >= 0.3 is 0 Å². The molecule has 2 heterocycles. The highest BCUT2D eigenvalue weighted by Crippen LogP contribution is 2.25. The van der Waals surface area contributed by atoms with Crippen LogP contribution in [0.4, 0.5) is 0 Å². The van der Waals surface area contributed by atoms with E-state index in [0.717, 1.165) is 31.4 Å². The summed E-state index contributed by atoms with van der Waals surface area (Å²) in [6.45, 7) is 3.01. The first-order valence-electron chi connectivity index (χ1n) is 9.27. The lowest BCUT2D eigenvalue weighted by Gasteiger charge is -2.32. The lowest BCUT2D eigenvalue weighted by Crippen LogP contribution is -3.14. The molecule has 1 aromatic carbocycles. The second-order valence-electron chi connectivity index (χ2n) is 7.07. The van der Waals surface area contributed by atoms with Crippen LogP contribution in [0, 0.1) is 0 Å². The standard InChI is InChI=1S/C21H28N2O/c1-3-4-14-23(20-15-18-11-12-19(16-20)22(18)2)21(24)13-10-17-8-6-5-7-9-17/h5-10,13,15,18-19H,3-4,11-12,14,16H2,1-2H3/p+1. The summed E-state index contributed by atoms with van der Waals surface area (Å²) < 4.78 is 0.